The number of carbonyl (C=O) groups excluding carboxylic acids is 2. The van der Waals surface area contributed by atoms with E-state index >= 15 is 0 Å². The Morgan fingerprint density at radius 3 is 2.45 bits per heavy atom. The smallest absolute Gasteiger partial charge is 0.257 e. The Labute approximate surface area is 223 Å². The number of carbonyl (C=O) groups is 2. The van der Waals surface area contributed by atoms with Crippen LogP contribution in [0.5, 0.6) is 0 Å². The molecule has 8 heteroatoms. The number of hydrogen-bond acceptors (Lipinski definition) is 5. The lowest BCUT2D eigenvalue weighted by Crippen LogP contribution is -2.46. The SMILES string of the molecule is Cc1ncnc(C)c1C(=O)N1CC2=CN(CCC3(c4cccc(F)c4)CCN(C(=O)C4CC4)CC3)CC2C1. The van der Waals surface area contributed by atoms with E-state index in [0.29, 0.717) is 30.5 Å². The van der Waals surface area contributed by atoms with E-state index in [4.69, 9.17) is 0 Å². The van der Waals surface area contributed by atoms with E-state index in [1.165, 1.54) is 18.0 Å². The van der Waals surface area contributed by atoms with Crippen molar-refractivity contribution in [1.29, 1.82) is 0 Å². The summed E-state index contributed by atoms with van der Waals surface area (Å²) < 4.78 is 14.3. The van der Waals surface area contributed by atoms with E-state index in [-0.39, 0.29) is 23.1 Å². The van der Waals surface area contributed by atoms with Crippen molar-refractivity contribution in [3.8, 4) is 0 Å². The fraction of sp³-hybridized carbons (Fsp3) is 0.533. The standard InChI is InChI=1S/C30H36FN5O2/c1-20-27(21(2)33-19-32-20)29(38)36-17-23-15-34(16-24(23)18-36)11-8-30(25-4-3-5-26(31)14-25)9-12-35(13-10-30)28(37)22-6-7-22/h3-5,14-15,19,22,24H,6-13,16-18H2,1-2H3. The van der Waals surface area contributed by atoms with E-state index in [2.05, 4.69) is 27.1 Å². The average Bonchev–Trinajstić information content (AvgIpc) is 3.57. The van der Waals surface area contributed by atoms with Crippen LogP contribution in [0.25, 0.3) is 0 Å². The molecule has 0 radical (unpaired) electrons. The molecule has 2 aromatic rings. The molecule has 1 atom stereocenters. The third kappa shape index (κ3) is 4.69. The van der Waals surface area contributed by atoms with Crippen molar-refractivity contribution >= 4 is 11.8 Å². The minimum absolute atomic E-state index is 0.0139. The molecule has 0 N–H and O–H groups in total. The molecule has 38 heavy (non-hydrogen) atoms. The van der Waals surface area contributed by atoms with Crippen LogP contribution >= 0.6 is 0 Å². The molecular weight excluding hydrogens is 481 g/mol. The summed E-state index contributed by atoms with van der Waals surface area (Å²) in [5, 5.41) is 0. The van der Waals surface area contributed by atoms with Gasteiger partial charge in [-0.1, -0.05) is 12.1 Å². The molecule has 6 rings (SSSR count). The molecule has 7 nitrogen and oxygen atoms in total. The van der Waals surface area contributed by atoms with Gasteiger partial charge in [0, 0.05) is 62.7 Å². The van der Waals surface area contributed by atoms with Crippen LogP contribution in [0.1, 0.15) is 59.4 Å². The van der Waals surface area contributed by atoms with Crippen molar-refractivity contribution in [3.05, 3.63) is 70.7 Å². The van der Waals surface area contributed by atoms with Gasteiger partial charge in [0.15, 0.2) is 0 Å². The Balaban J connectivity index is 1.12. The first-order valence-electron chi connectivity index (χ1n) is 13.9. The highest BCUT2D eigenvalue weighted by Gasteiger charge is 2.42. The van der Waals surface area contributed by atoms with Gasteiger partial charge in [0.2, 0.25) is 5.91 Å². The number of aryl methyl sites for hydroxylation is 2. The topological polar surface area (TPSA) is 69.6 Å². The molecule has 2 saturated heterocycles. The number of piperidine rings is 1. The number of likely N-dealkylation sites (tertiary alicyclic amines) is 2. The van der Waals surface area contributed by atoms with Gasteiger partial charge in [-0.2, -0.15) is 0 Å². The van der Waals surface area contributed by atoms with Gasteiger partial charge in [0.1, 0.15) is 12.1 Å². The lowest BCUT2D eigenvalue weighted by atomic mass is 9.70. The first-order valence-corrected chi connectivity index (χ1v) is 13.9. The number of rotatable bonds is 6. The van der Waals surface area contributed by atoms with Crippen LogP contribution in [0.15, 0.2) is 42.4 Å². The second-order valence-electron chi connectivity index (χ2n) is 11.6. The largest absolute Gasteiger partial charge is 0.377 e. The van der Waals surface area contributed by atoms with Crippen molar-refractivity contribution in [2.75, 3.05) is 39.3 Å². The molecule has 200 valence electrons. The fourth-order valence-electron chi connectivity index (χ4n) is 6.66. The van der Waals surface area contributed by atoms with Crippen LogP contribution in [0.4, 0.5) is 4.39 Å². The van der Waals surface area contributed by atoms with Gasteiger partial charge in [-0.15, -0.1) is 0 Å². The summed E-state index contributed by atoms with van der Waals surface area (Å²) in [4.78, 5) is 40.7. The Morgan fingerprint density at radius 2 is 1.79 bits per heavy atom. The maximum Gasteiger partial charge on any atom is 0.257 e. The third-order valence-electron chi connectivity index (χ3n) is 9.14. The van der Waals surface area contributed by atoms with Crippen LogP contribution in [0.3, 0.4) is 0 Å². The van der Waals surface area contributed by atoms with Gasteiger partial charge in [0.05, 0.1) is 17.0 Å². The lowest BCUT2D eigenvalue weighted by molar-refractivity contribution is -0.134. The molecule has 0 spiro atoms. The first kappa shape index (κ1) is 25.0. The van der Waals surface area contributed by atoms with Gasteiger partial charge >= 0.3 is 0 Å². The second-order valence-corrected chi connectivity index (χ2v) is 11.6. The maximum atomic E-state index is 14.3. The van der Waals surface area contributed by atoms with Crippen molar-refractivity contribution in [1.82, 2.24) is 24.7 Å². The van der Waals surface area contributed by atoms with Crippen molar-refractivity contribution in [3.63, 3.8) is 0 Å². The predicted octanol–water partition coefficient (Wildman–Crippen LogP) is 3.86. The number of benzene rings is 1. The Hall–Kier alpha value is -3.29. The number of nitrogens with zero attached hydrogens (tertiary/aromatic N) is 5. The molecule has 1 saturated carbocycles. The molecule has 3 fully saturated rings. The van der Waals surface area contributed by atoms with Crippen molar-refractivity contribution in [2.45, 2.75) is 51.4 Å². The average molecular weight is 518 g/mol. The highest BCUT2D eigenvalue weighted by atomic mass is 19.1. The van der Waals surface area contributed by atoms with Gasteiger partial charge in [0.25, 0.3) is 5.91 Å². The number of hydrogen-bond donors (Lipinski definition) is 0. The van der Waals surface area contributed by atoms with Gasteiger partial charge in [-0.05, 0) is 69.2 Å². The number of halogens is 1. The van der Waals surface area contributed by atoms with Crippen LogP contribution in [-0.2, 0) is 10.2 Å². The number of aromatic nitrogens is 2. The normalized spacial score (nSPS) is 22.4. The first-order chi connectivity index (χ1) is 18.3. The summed E-state index contributed by atoms with van der Waals surface area (Å²) >= 11 is 0. The number of amides is 2. The zero-order chi connectivity index (χ0) is 26.4. The van der Waals surface area contributed by atoms with E-state index in [1.807, 2.05) is 29.7 Å². The minimum Gasteiger partial charge on any atom is -0.377 e. The molecule has 0 bridgehead atoms. The Kier molecular flexibility index (Phi) is 6.44. The molecule has 1 aromatic heterocycles. The monoisotopic (exact) mass is 517 g/mol. The summed E-state index contributed by atoms with van der Waals surface area (Å²) in [6.07, 6.45) is 8.44. The molecule has 4 aliphatic rings. The minimum atomic E-state index is -0.199. The molecule has 3 aliphatic heterocycles. The van der Waals surface area contributed by atoms with E-state index < -0.39 is 0 Å². The van der Waals surface area contributed by atoms with Crippen LogP contribution in [-0.4, -0.2) is 75.8 Å². The van der Waals surface area contributed by atoms with Crippen LogP contribution in [0, 0.1) is 31.5 Å². The van der Waals surface area contributed by atoms with Crippen LogP contribution < -0.4 is 0 Å². The summed E-state index contributed by atoms with van der Waals surface area (Å²) in [6, 6.07) is 7.06. The van der Waals surface area contributed by atoms with Crippen molar-refractivity contribution in [2.24, 2.45) is 11.8 Å². The van der Waals surface area contributed by atoms with E-state index in [9.17, 15) is 14.0 Å². The number of fused-ring (bicyclic) bond motifs is 1. The summed E-state index contributed by atoms with van der Waals surface area (Å²) in [7, 11) is 0. The zero-order valence-corrected chi connectivity index (χ0v) is 22.3. The molecule has 1 unspecified atom stereocenters. The molecular formula is C30H36FN5O2. The van der Waals surface area contributed by atoms with Crippen molar-refractivity contribution < 1.29 is 14.0 Å². The molecule has 4 heterocycles. The van der Waals surface area contributed by atoms with E-state index in [0.717, 1.165) is 75.2 Å². The maximum absolute atomic E-state index is 14.3. The summed E-state index contributed by atoms with van der Waals surface area (Å²) in [5.74, 6) is 0.699. The highest BCUT2D eigenvalue weighted by Crippen LogP contribution is 2.42. The molecule has 1 aliphatic carbocycles. The Bertz CT molecular complexity index is 1260. The predicted molar refractivity (Wildman–Crippen MR) is 142 cm³/mol. The second kappa shape index (κ2) is 9.79. The fourth-order valence-corrected chi connectivity index (χ4v) is 6.66. The van der Waals surface area contributed by atoms with Crippen LogP contribution in [0.2, 0.25) is 0 Å². The van der Waals surface area contributed by atoms with E-state index in [1.54, 1.807) is 6.07 Å². The van der Waals surface area contributed by atoms with Gasteiger partial charge < -0.3 is 14.7 Å². The Morgan fingerprint density at radius 1 is 1.05 bits per heavy atom. The zero-order valence-electron chi connectivity index (χ0n) is 22.3. The summed E-state index contributed by atoms with van der Waals surface area (Å²) in [5.41, 5.74) is 4.29. The van der Waals surface area contributed by atoms with Gasteiger partial charge in [-0.25, -0.2) is 14.4 Å². The van der Waals surface area contributed by atoms with Gasteiger partial charge in [-0.3, -0.25) is 9.59 Å². The molecule has 2 amide bonds. The third-order valence-corrected chi connectivity index (χ3v) is 9.14. The quantitative estimate of drug-likeness (QED) is 0.582. The highest BCUT2D eigenvalue weighted by molar-refractivity contribution is 5.96. The lowest BCUT2D eigenvalue weighted by Gasteiger charge is -2.43. The molecule has 1 aromatic carbocycles. The summed E-state index contributed by atoms with van der Waals surface area (Å²) in [6.45, 7) is 8.34.